The van der Waals surface area contributed by atoms with Crippen LogP contribution in [0.25, 0.3) is 0 Å². The summed E-state index contributed by atoms with van der Waals surface area (Å²) in [5.41, 5.74) is 1.01. The molecule has 0 fully saturated rings. The summed E-state index contributed by atoms with van der Waals surface area (Å²) < 4.78 is 11.1. The van der Waals surface area contributed by atoms with E-state index in [4.69, 9.17) is 26.2 Å². The van der Waals surface area contributed by atoms with Crippen LogP contribution in [-0.2, 0) is 6.61 Å². The molecular weight excluding hydrogens is 292 g/mol. The maximum absolute atomic E-state index is 11.0. The van der Waals surface area contributed by atoms with E-state index in [1.54, 1.807) is 12.1 Å². The Morgan fingerprint density at radius 3 is 2.57 bits per heavy atom. The SMILES string of the molecule is CCOc1cc(C(=O)O)ccc1OCc1ccccc1Cl. The summed E-state index contributed by atoms with van der Waals surface area (Å²) in [4.78, 5) is 11.0. The molecule has 21 heavy (non-hydrogen) atoms. The molecule has 0 atom stereocenters. The van der Waals surface area contributed by atoms with E-state index in [0.29, 0.717) is 23.1 Å². The molecule has 2 rings (SSSR count). The summed E-state index contributed by atoms with van der Waals surface area (Å²) in [6.45, 7) is 2.53. The van der Waals surface area contributed by atoms with Crippen LogP contribution >= 0.6 is 11.6 Å². The number of carbonyl (C=O) groups is 1. The molecule has 4 nitrogen and oxygen atoms in total. The Hall–Kier alpha value is -2.20. The Kier molecular flexibility index (Phi) is 5.06. The highest BCUT2D eigenvalue weighted by atomic mass is 35.5. The molecule has 0 amide bonds. The predicted molar refractivity (Wildman–Crippen MR) is 80.4 cm³/mol. The molecule has 110 valence electrons. The molecule has 0 unspecified atom stereocenters. The van der Waals surface area contributed by atoms with Crippen LogP contribution < -0.4 is 9.47 Å². The van der Waals surface area contributed by atoms with Crippen molar-refractivity contribution >= 4 is 17.6 Å². The summed E-state index contributed by atoms with van der Waals surface area (Å²) >= 11 is 6.07. The molecule has 0 heterocycles. The van der Waals surface area contributed by atoms with Gasteiger partial charge in [0.05, 0.1) is 12.2 Å². The van der Waals surface area contributed by atoms with Gasteiger partial charge in [-0.3, -0.25) is 0 Å². The van der Waals surface area contributed by atoms with Crippen molar-refractivity contribution < 1.29 is 19.4 Å². The van der Waals surface area contributed by atoms with E-state index < -0.39 is 5.97 Å². The second-order valence-corrected chi connectivity index (χ2v) is 4.69. The van der Waals surface area contributed by atoms with Gasteiger partial charge in [-0.25, -0.2) is 4.79 Å². The lowest BCUT2D eigenvalue weighted by Crippen LogP contribution is -2.03. The van der Waals surface area contributed by atoms with Gasteiger partial charge in [0, 0.05) is 10.6 Å². The average Bonchev–Trinajstić information content (AvgIpc) is 2.47. The number of carboxylic acid groups (broad SMARTS) is 1. The Bertz CT molecular complexity index is 640. The molecule has 0 aliphatic rings. The van der Waals surface area contributed by atoms with Crippen molar-refractivity contribution in [2.45, 2.75) is 13.5 Å². The monoisotopic (exact) mass is 306 g/mol. The first-order valence-corrected chi connectivity index (χ1v) is 6.86. The van der Waals surface area contributed by atoms with E-state index >= 15 is 0 Å². The topological polar surface area (TPSA) is 55.8 Å². The minimum absolute atomic E-state index is 0.156. The first-order chi connectivity index (χ1) is 10.1. The minimum atomic E-state index is -1.01. The minimum Gasteiger partial charge on any atom is -0.490 e. The van der Waals surface area contributed by atoms with Crippen LogP contribution in [0, 0.1) is 0 Å². The lowest BCUT2D eigenvalue weighted by molar-refractivity contribution is 0.0696. The van der Waals surface area contributed by atoms with Crippen molar-refractivity contribution in [3.63, 3.8) is 0 Å². The van der Waals surface area contributed by atoms with Crippen LogP contribution in [0.1, 0.15) is 22.8 Å². The van der Waals surface area contributed by atoms with Gasteiger partial charge in [0.25, 0.3) is 0 Å². The first-order valence-electron chi connectivity index (χ1n) is 6.48. The van der Waals surface area contributed by atoms with E-state index in [2.05, 4.69) is 0 Å². The average molecular weight is 307 g/mol. The maximum atomic E-state index is 11.0. The normalized spacial score (nSPS) is 10.2. The number of rotatable bonds is 6. The quantitative estimate of drug-likeness (QED) is 0.876. The third kappa shape index (κ3) is 3.89. The summed E-state index contributed by atoms with van der Waals surface area (Å²) in [6, 6.07) is 11.9. The summed E-state index contributed by atoms with van der Waals surface area (Å²) in [6.07, 6.45) is 0. The highest BCUT2D eigenvalue weighted by Gasteiger charge is 2.11. The highest BCUT2D eigenvalue weighted by molar-refractivity contribution is 6.31. The number of benzene rings is 2. The van der Waals surface area contributed by atoms with Crippen LogP contribution in [0.5, 0.6) is 11.5 Å². The molecule has 2 aromatic carbocycles. The number of aromatic carboxylic acids is 1. The van der Waals surface area contributed by atoms with Crippen LogP contribution in [-0.4, -0.2) is 17.7 Å². The fourth-order valence-electron chi connectivity index (χ4n) is 1.80. The molecular formula is C16H15ClO4. The fraction of sp³-hybridized carbons (Fsp3) is 0.188. The standard InChI is InChI=1S/C16H15ClO4/c1-2-20-15-9-11(16(18)19)7-8-14(15)21-10-12-5-3-4-6-13(12)17/h3-9H,2,10H2,1H3,(H,18,19). The van der Waals surface area contributed by atoms with Gasteiger partial charge in [0.1, 0.15) is 6.61 Å². The van der Waals surface area contributed by atoms with E-state index in [1.807, 2.05) is 25.1 Å². The van der Waals surface area contributed by atoms with Gasteiger partial charge in [-0.2, -0.15) is 0 Å². The third-order valence-electron chi connectivity index (χ3n) is 2.83. The second kappa shape index (κ2) is 6.99. The molecule has 0 saturated heterocycles. The Morgan fingerprint density at radius 1 is 1.14 bits per heavy atom. The molecule has 0 spiro atoms. The van der Waals surface area contributed by atoms with Crippen molar-refractivity contribution in [1.82, 2.24) is 0 Å². The molecule has 5 heteroatoms. The van der Waals surface area contributed by atoms with E-state index in [1.165, 1.54) is 12.1 Å². The molecule has 2 aromatic rings. The summed E-state index contributed by atoms with van der Waals surface area (Å²) in [5.74, 6) is -0.111. The number of halogens is 1. The van der Waals surface area contributed by atoms with Crippen LogP contribution in [0.3, 0.4) is 0 Å². The van der Waals surface area contributed by atoms with Gasteiger partial charge in [0.2, 0.25) is 0 Å². The van der Waals surface area contributed by atoms with Crippen LogP contribution in [0.2, 0.25) is 5.02 Å². The number of hydrogen-bond donors (Lipinski definition) is 1. The van der Waals surface area contributed by atoms with Crippen molar-refractivity contribution in [1.29, 1.82) is 0 Å². The number of hydrogen-bond acceptors (Lipinski definition) is 3. The number of carboxylic acids is 1. The van der Waals surface area contributed by atoms with Gasteiger partial charge in [-0.15, -0.1) is 0 Å². The lowest BCUT2D eigenvalue weighted by atomic mass is 10.2. The highest BCUT2D eigenvalue weighted by Crippen LogP contribution is 2.30. The summed E-state index contributed by atoms with van der Waals surface area (Å²) in [5, 5.41) is 9.62. The smallest absolute Gasteiger partial charge is 0.335 e. The Morgan fingerprint density at radius 2 is 1.90 bits per heavy atom. The molecule has 0 aromatic heterocycles. The van der Waals surface area contributed by atoms with Gasteiger partial charge in [-0.1, -0.05) is 29.8 Å². The second-order valence-electron chi connectivity index (χ2n) is 4.28. The zero-order valence-corrected chi connectivity index (χ0v) is 12.3. The van der Waals surface area contributed by atoms with E-state index in [-0.39, 0.29) is 12.2 Å². The fourth-order valence-corrected chi connectivity index (χ4v) is 1.99. The predicted octanol–water partition coefficient (Wildman–Crippen LogP) is 4.02. The zero-order chi connectivity index (χ0) is 15.2. The Balaban J connectivity index is 2.19. The van der Waals surface area contributed by atoms with Crippen molar-refractivity contribution in [2.75, 3.05) is 6.61 Å². The molecule has 0 aliphatic carbocycles. The molecule has 0 saturated carbocycles. The number of ether oxygens (including phenoxy) is 2. The Labute approximate surface area is 127 Å². The molecule has 0 aliphatic heterocycles. The first kappa shape index (κ1) is 15.2. The van der Waals surface area contributed by atoms with E-state index in [0.717, 1.165) is 5.56 Å². The van der Waals surface area contributed by atoms with Gasteiger partial charge < -0.3 is 14.6 Å². The van der Waals surface area contributed by atoms with E-state index in [9.17, 15) is 4.79 Å². The van der Waals surface area contributed by atoms with Crippen molar-refractivity contribution in [3.8, 4) is 11.5 Å². The third-order valence-corrected chi connectivity index (χ3v) is 3.20. The molecule has 0 bridgehead atoms. The zero-order valence-electron chi connectivity index (χ0n) is 11.5. The van der Waals surface area contributed by atoms with Crippen LogP contribution in [0.15, 0.2) is 42.5 Å². The van der Waals surface area contributed by atoms with Gasteiger partial charge in [0.15, 0.2) is 11.5 Å². The molecule has 1 N–H and O–H groups in total. The van der Waals surface area contributed by atoms with Gasteiger partial charge in [-0.05, 0) is 31.2 Å². The maximum Gasteiger partial charge on any atom is 0.335 e. The van der Waals surface area contributed by atoms with Crippen molar-refractivity contribution in [3.05, 3.63) is 58.6 Å². The molecule has 0 radical (unpaired) electrons. The van der Waals surface area contributed by atoms with Crippen molar-refractivity contribution in [2.24, 2.45) is 0 Å². The summed E-state index contributed by atoms with van der Waals surface area (Å²) in [7, 11) is 0. The lowest BCUT2D eigenvalue weighted by Gasteiger charge is -2.13. The van der Waals surface area contributed by atoms with Gasteiger partial charge >= 0.3 is 5.97 Å². The largest absolute Gasteiger partial charge is 0.490 e. The van der Waals surface area contributed by atoms with Crippen LogP contribution in [0.4, 0.5) is 0 Å².